The molecule has 3 aromatic carbocycles. The molecule has 7 heteroatoms. The molecule has 0 spiro atoms. The number of amides is 1. The topological polar surface area (TPSA) is 66.5 Å². The van der Waals surface area contributed by atoms with Crippen LogP contribution in [0.1, 0.15) is 23.1 Å². The molecule has 174 valence electrons. The largest absolute Gasteiger partial charge is 0.354 e. The molecule has 0 heterocycles. The van der Waals surface area contributed by atoms with Gasteiger partial charge in [0.15, 0.2) is 0 Å². The Bertz CT molecular complexity index is 1170. The molecule has 0 radical (unpaired) electrons. The molecule has 5 nitrogen and oxygen atoms in total. The van der Waals surface area contributed by atoms with Crippen LogP contribution >= 0.6 is 11.8 Å². The van der Waals surface area contributed by atoms with Crippen molar-refractivity contribution in [2.45, 2.75) is 37.0 Å². The van der Waals surface area contributed by atoms with Crippen LogP contribution < -0.4 is 9.62 Å². The fourth-order valence-electron chi connectivity index (χ4n) is 3.29. The lowest BCUT2D eigenvalue weighted by molar-refractivity contribution is -0.119. The second kappa shape index (κ2) is 11.4. The number of nitrogens with zero attached hydrogens (tertiary/aromatic N) is 1. The average Bonchev–Trinajstić information content (AvgIpc) is 2.79. The van der Waals surface area contributed by atoms with Gasteiger partial charge in [-0.2, -0.15) is 0 Å². The maximum absolute atomic E-state index is 13.4. The van der Waals surface area contributed by atoms with Crippen molar-refractivity contribution in [1.82, 2.24) is 5.32 Å². The van der Waals surface area contributed by atoms with Gasteiger partial charge in [0.25, 0.3) is 10.0 Å². The lowest BCUT2D eigenvalue weighted by Crippen LogP contribution is -2.41. The SMILES string of the molecule is Cc1ccc(SCCCNC(=O)CN(c2ccccc2C)S(=O)(=O)c2ccc(C)cc2)cc1. The predicted molar refractivity (Wildman–Crippen MR) is 136 cm³/mol. The van der Waals surface area contributed by atoms with E-state index in [1.54, 1.807) is 48.2 Å². The number of para-hydroxylation sites is 1. The van der Waals surface area contributed by atoms with Gasteiger partial charge in [-0.15, -0.1) is 11.8 Å². The van der Waals surface area contributed by atoms with Crippen LogP contribution in [-0.2, 0) is 14.8 Å². The lowest BCUT2D eigenvalue weighted by atomic mass is 10.2. The van der Waals surface area contributed by atoms with Crippen LogP contribution in [0.5, 0.6) is 0 Å². The summed E-state index contributed by atoms with van der Waals surface area (Å²) in [5.74, 6) is 0.543. The Hall–Kier alpha value is -2.77. The van der Waals surface area contributed by atoms with Gasteiger partial charge >= 0.3 is 0 Å². The molecule has 33 heavy (non-hydrogen) atoms. The highest BCUT2D eigenvalue weighted by Gasteiger charge is 2.28. The molecule has 1 N–H and O–H groups in total. The van der Waals surface area contributed by atoms with Gasteiger partial charge in [-0.05, 0) is 68.8 Å². The number of nitrogens with one attached hydrogen (secondary N) is 1. The normalized spacial score (nSPS) is 11.2. The number of thioether (sulfide) groups is 1. The number of benzene rings is 3. The van der Waals surface area contributed by atoms with Crippen LogP contribution in [-0.4, -0.2) is 33.2 Å². The van der Waals surface area contributed by atoms with Gasteiger partial charge in [-0.25, -0.2) is 8.42 Å². The summed E-state index contributed by atoms with van der Waals surface area (Å²) < 4.78 is 28.1. The second-order valence-corrected chi connectivity index (χ2v) is 11.0. The van der Waals surface area contributed by atoms with E-state index < -0.39 is 10.0 Å². The van der Waals surface area contributed by atoms with Crippen molar-refractivity contribution in [2.75, 3.05) is 23.1 Å². The van der Waals surface area contributed by atoms with E-state index in [1.807, 2.05) is 26.0 Å². The number of hydrogen-bond acceptors (Lipinski definition) is 4. The summed E-state index contributed by atoms with van der Waals surface area (Å²) in [6, 6.07) is 22.2. The zero-order valence-electron chi connectivity index (χ0n) is 19.2. The Morgan fingerprint density at radius 3 is 2.12 bits per heavy atom. The number of carbonyl (C=O) groups is 1. The fraction of sp³-hybridized carbons (Fsp3) is 0.269. The molecule has 3 aromatic rings. The van der Waals surface area contributed by atoms with Crippen LogP contribution in [0, 0.1) is 20.8 Å². The van der Waals surface area contributed by atoms with Crippen LogP contribution in [0.2, 0.25) is 0 Å². The monoisotopic (exact) mass is 482 g/mol. The first kappa shape index (κ1) is 24.9. The number of carbonyl (C=O) groups excluding carboxylic acids is 1. The zero-order valence-corrected chi connectivity index (χ0v) is 20.9. The summed E-state index contributed by atoms with van der Waals surface area (Å²) in [6.45, 7) is 6.02. The minimum atomic E-state index is -3.89. The Morgan fingerprint density at radius 1 is 0.879 bits per heavy atom. The van der Waals surface area contributed by atoms with Gasteiger partial charge in [0.05, 0.1) is 10.6 Å². The molecular weight excluding hydrogens is 452 g/mol. The molecule has 0 saturated carbocycles. The molecule has 3 rings (SSSR count). The van der Waals surface area contributed by atoms with E-state index in [0.717, 1.165) is 23.3 Å². The quantitative estimate of drug-likeness (QED) is 0.322. The number of aryl methyl sites for hydroxylation is 3. The lowest BCUT2D eigenvalue weighted by Gasteiger charge is -2.25. The Labute approximate surface area is 201 Å². The van der Waals surface area contributed by atoms with Gasteiger partial charge in [-0.3, -0.25) is 9.10 Å². The molecule has 0 atom stereocenters. The smallest absolute Gasteiger partial charge is 0.264 e. The predicted octanol–water partition coefficient (Wildman–Crippen LogP) is 5.11. The maximum Gasteiger partial charge on any atom is 0.264 e. The van der Waals surface area contributed by atoms with Gasteiger partial charge in [0.2, 0.25) is 5.91 Å². The maximum atomic E-state index is 13.4. The third kappa shape index (κ3) is 6.85. The highest BCUT2D eigenvalue weighted by atomic mass is 32.2. The first-order valence-corrected chi connectivity index (χ1v) is 13.3. The molecule has 1 amide bonds. The van der Waals surface area contributed by atoms with Crippen molar-refractivity contribution in [3.63, 3.8) is 0 Å². The van der Waals surface area contributed by atoms with E-state index in [0.29, 0.717) is 12.2 Å². The van der Waals surface area contributed by atoms with Gasteiger partial charge in [0.1, 0.15) is 6.54 Å². The van der Waals surface area contributed by atoms with E-state index in [9.17, 15) is 13.2 Å². The van der Waals surface area contributed by atoms with Gasteiger partial charge < -0.3 is 5.32 Å². The highest BCUT2D eigenvalue weighted by molar-refractivity contribution is 7.99. The number of rotatable bonds is 10. The molecule has 0 fully saturated rings. The van der Waals surface area contributed by atoms with Crippen LogP contribution in [0.25, 0.3) is 0 Å². The Balaban J connectivity index is 1.65. The average molecular weight is 483 g/mol. The van der Waals surface area contributed by atoms with Gasteiger partial charge in [-0.1, -0.05) is 53.6 Å². The van der Waals surface area contributed by atoms with E-state index in [-0.39, 0.29) is 17.3 Å². The molecule has 0 bridgehead atoms. The van der Waals surface area contributed by atoms with Crippen LogP contribution in [0.15, 0.2) is 82.6 Å². The van der Waals surface area contributed by atoms with Crippen molar-refractivity contribution >= 4 is 33.4 Å². The van der Waals surface area contributed by atoms with Crippen molar-refractivity contribution in [3.05, 3.63) is 89.5 Å². The van der Waals surface area contributed by atoms with Crippen LogP contribution in [0.4, 0.5) is 5.69 Å². The Morgan fingerprint density at radius 2 is 1.48 bits per heavy atom. The van der Waals surface area contributed by atoms with Crippen molar-refractivity contribution in [2.24, 2.45) is 0 Å². The standard InChI is InChI=1S/C26H30N2O3S2/c1-20-9-13-23(14-10-20)32-18-6-17-27-26(29)19-28(25-8-5-4-7-22(25)3)33(30,31)24-15-11-21(2)12-16-24/h4-5,7-16H,6,17-19H2,1-3H3,(H,27,29). The van der Waals surface area contributed by atoms with Crippen molar-refractivity contribution < 1.29 is 13.2 Å². The zero-order chi connectivity index (χ0) is 23.8. The fourth-order valence-corrected chi connectivity index (χ4v) is 5.63. The minimum absolute atomic E-state index is 0.165. The van der Waals surface area contributed by atoms with Gasteiger partial charge in [0, 0.05) is 11.4 Å². The molecule has 0 unspecified atom stereocenters. The molecule has 0 aliphatic rings. The third-order valence-corrected chi connectivity index (χ3v) is 8.09. The highest BCUT2D eigenvalue weighted by Crippen LogP contribution is 2.26. The Kier molecular flexibility index (Phi) is 8.58. The number of anilines is 1. The summed E-state index contributed by atoms with van der Waals surface area (Å²) in [4.78, 5) is 14.1. The first-order chi connectivity index (χ1) is 15.8. The molecule has 0 aliphatic carbocycles. The molecule has 0 aromatic heterocycles. The van der Waals surface area contributed by atoms with Crippen molar-refractivity contribution in [3.8, 4) is 0 Å². The summed E-state index contributed by atoms with van der Waals surface area (Å²) in [6.07, 6.45) is 0.791. The first-order valence-electron chi connectivity index (χ1n) is 10.9. The van der Waals surface area contributed by atoms with E-state index in [1.165, 1.54) is 14.8 Å². The number of sulfonamides is 1. The van der Waals surface area contributed by atoms with E-state index in [2.05, 4.69) is 36.5 Å². The van der Waals surface area contributed by atoms with E-state index >= 15 is 0 Å². The summed E-state index contributed by atoms with van der Waals surface area (Å²) in [5.41, 5.74) is 3.49. The second-order valence-electron chi connectivity index (χ2n) is 7.98. The summed E-state index contributed by atoms with van der Waals surface area (Å²) >= 11 is 1.74. The number of hydrogen-bond donors (Lipinski definition) is 1. The molecule has 0 saturated heterocycles. The van der Waals surface area contributed by atoms with Crippen LogP contribution in [0.3, 0.4) is 0 Å². The van der Waals surface area contributed by atoms with E-state index in [4.69, 9.17) is 0 Å². The third-order valence-electron chi connectivity index (χ3n) is 5.21. The minimum Gasteiger partial charge on any atom is -0.354 e. The summed E-state index contributed by atoms with van der Waals surface area (Å²) in [5, 5.41) is 2.87. The molecule has 0 aliphatic heterocycles. The summed E-state index contributed by atoms with van der Waals surface area (Å²) in [7, 11) is -3.89. The molecular formula is C26H30N2O3S2. The van der Waals surface area contributed by atoms with Crippen molar-refractivity contribution in [1.29, 1.82) is 0 Å².